The van der Waals surface area contributed by atoms with Crippen molar-refractivity contribution in [3.05, 3.63) is 53.9 Å². The molecular weight excluding hydrogens is 284 g/mol. The van der Waals surface area contributed by atoms with Crippen LogP contribution < -0.4 is 10.1 Å². The van der Waals surface area contributed by atoms with E-state index in [1.165, 1.54) is 0 Å². The van der Waals surface area contributed by atoms with Crippen LogP contribution in [0.15, 0.2) is 47.1 Å². The second kappa shape index (κ2) is 6.36. The van der Waals surface area contributed by atoms with Crippen LogP contribution in [0.5, 0.6) is 5.75 Å². The molecule has 0 aliphatic rings. The van der Waals surface area contributed by atoms with Crippen molar-refractivity contribution in [3.8, 4) is 5.75 Å². The number of amides is 1. The minimum atomic E-state index is -0.219. The molecule has 2 heterocycles. The Morgan fingerprint density at radius 3 is 3.00 bits per heavy atom. The van der Waals surface area contributed by atoms with Gasteiger partial charge >= 0.3 is 0 Å². The van der Waals surface area contributed by atoms with Gasteiger partial charge in [-0.2, -0.15) is 0 Å². The molecule has 114 valence electrons. The molecule has 0 saturated heterocycles. The van der Waals surface area contributed by atoms with Crippen LogP contribution >= 0.6 is 0 Å². The number of hydrogen-bond donors (Lipinski definition) is 3. The number of aliphatic hydroxyl groups excluding tert-OH is 1. The third-order valence-electron chi connectivity index (χ3n) is 3.25. The number of rotatable bonds is 6. The van der Waals surface area contributed by atoms with Crippen molar-refractivity contribution < 1.29 is 19.1 Å². The number of aromatic nitrogens is 1. The number of furan rings is 1. The van der Waals surface area contributed by atoms with Gasteiger partial charge in [0.25, 0.3) is 5.91 Å². The first-order valence-corrected chi connectivity index (χ1v) is 6.94. The molecule has 0 spiro atoms. The molecular formula is C16H16N2O4. The topological polar surface area (TPSA) is 87.5 Å². The lowest BCUT2D eigenvalue weighted by Gasteiger charge is -2.11. The molecule has 0 aliphatic heterocycles. The summed E-state index contributed by atoms with van der Waals surface area (Å²) in [7, 11) is 0. The molecule has 1 aromatic carbocycles. The molecule has 0 bridgehead atoms. The molecule has 0 radical (unpaired) electrons. The van der Waals surface area contributed by atoms with Crippen molar-refractivity contribution >= 4 is 17.0 Å². The number of aliphatic hydroxyl groups is 1. The van der Waals surface area contributed by atoms with Gasteiger partial charge < -0.3 is 24.6 Å². The van der Waals surface area contributed by atoms with E-state index < -0.39 is 0 Å². The molecule has 6 heteroatoms. The van der Waals surface area contributed by atoms with Crippen LogP contribution in [0, 0.1) is 0 Å². The summed E-state index contributed by atoms with van der Waals surface area (Å²) in [5, 5.41) is 11.7. The van der Waals surface area contributed by atoms with Crippen LogP contribution in [0.3, 0.4) is 0 Å². The number of para-hydroxylation sites is 1. The average Bonchev–Trinajstić information content (AvgIpc) is 3.13. The quantitative estimate of drug-likeness (QED) is 0.650. The predicted molar refractivity (Wildman–Crippen MR) is 80.8 cm³/mol. The van der Waals surface area contributed by atoms with Gasteiger partial charge in [0.15, 0.2) is 5.58 Å². The van der Waals surface area contributed by atoms with Crippen molar-refractivity contribution in [2.75, 3.05) is 13.2 Å². The maximum absolute atomic E-state index is 12.1. The van der Waals surface area contributed by atoms with Crippen LogP contribution in [-0.4, -0.2) is 29.2 Å². The number of nitrogens with one attached hydrogen (secondary N) is 2. The van der Waals surface area contributed by atoms with Crippen molar-refractivity contribution in [2.45, 2.75) is 6.54 Å². The highest BCUT2D eigenvalue weighted by molar-refractivity contribution is 5.96. The molecule has 22 heavy (non-hydrogen) atoms. The second-order valence-corrected chi connectivity index (χ2v) is 4.74. The van der Waals surface area contributed by atoms with Crippen molar-refractivity contribution in [1.29, 1.82) is 0 Å². The number of ether oxygens (including phenoxy) is 1. The molecule has 0 aliphatic carbocycles. The smallest absolute Gasteiger partial charge is 0.268 e. The Bertz CT molecular complexity index is 747. The Morgan fingerprint density at radius 2 is 2.18 bits per heavy atom. The first kappa shape index (κ1) is 14.2. The molecule has 2 aromatic heterocycles. The number of carbonyl (C=O) groups is 1. The predicted octanol–water partition coefficient (Wildman–Crippen LogP) is 2.06. The fraction of sp³-hybridized carbons (Fsp3) is 0.188. The zero-order valence-corrected chi connectivity index (χ0v) is 11.8. The molecule has 0 saturated carbocycles. The highest BCUT2D eigenvalue weighted by Crippen LogP contribution is 2.19. The van der Waals surface area contributed by atoms with E-state index in [9.17, 15) is 4.79 Å². The molecule has 1 amide bonds. The first-order valence-electron chi connectivity index (χ1n) is 6.94. The van der Waals surface area contributed by atoms with Crippen LogP contribution in [-0.2, 0) is 6.54 Å². The van der Waals surface area contributed by atoms with Crippen molar-refractivity contribution in [3.63, 3.8) is 0 Å². The SMILES string of the molecule is O=C(NCc1ccccc1OCCO)c1cc2occc2[nH]1. The van der Waals surface area contributed by atoms with Crippen LogP contribution in [0.4, 0.5) is 0 Å². The summed E-state index contributed by atoms with van der Waals surface area (Å²) in [6, 6.07) is 10.8. The number of fused-ring (bicyclic) bond motifs is 1. The van der Waals surface area contributed by atoms with E-state index in [0.717, 1.165) is 11.1 Å². The summed E-state index contributed by atoms with van der Waals surface area (Å²) >= 11 is 0. The fourth-order valence-electron chi connectivity index (χ4n) is 2.19. The third kappa shape index (κ3) is 2.96. The fourth-order valence-corrected chi connectivity index (χ4v) is 2.19. The standard InChI is InChI=1S/C16H16N2O4/c19-6-8-22-14-4-2-1-3-11(14)10-17-16(20)13-9-15-12(18-13)5-7-21-15/h1-5,7,9,18-19H,6,8,10H2,(H,17,20). The van der Waals surface area contributed by atoms with Crippen LogP contribution in [0.1, 0.15) is 16.1 Å². The maximum Gasteiger partial charge on any atom is 0.268 e. The van der Waals surface area contributed by atoms with Gasteiger partial charge in [0, 0.05) is 24.2 Å². The summed E-state index contributed by atoms with van der Waals surface area (Å²) in [6.45, 7) is 0.501. The Balaban J connectivity index is 1.67. The summed E-state index contributed by atoms with van der Waals surface area (Å²) in [5.41, 5.74) is 2.73. The van der Waals surface area contributed by atoms with Gasteiger partial charge in [0.2, 0.25) is 0 Å². The highest BCUT2D eigenvalue weighted by atomic mass is 16.5. The molecule has 3 rings (SSSR count). The van der Waals surface area contributed by atoms with Gasteiger partial charge in [-0.25, -0.2) is 0 Å². The van der Waals surface area contributed by atoms with Gasteiger partial charge in [-0.1, -0.05) is 18.2 Å². The van der Waals surface area contributed by atoms with Gasteiger partial charge in [-0.05, 0) is 6.07 Å². The van der Waals surface area contributed by atoms with E-state index in [0.29, 0.717) is 23.6 Å². The van der Waals surface area contributed by atoms with E-state index >= 15 is 0 Å². The van der Waals surface area contributed by atoms with Gasteiger partial charge in [-0.15, -0.1) is 0 Å². The molecule has 3 N–H and O–H groups in total. The van der Waals surface area contributed by atoms with E-state index in [2.05, 4.69) is 10.3 Å². The minimum Gasteiger partial charge on any atom is -0.491 e. The lowest BCUT2D eigenvalue weighted by Crippen LogP contribution is -2.23. The lowest BCUT2D eigenvalue weighted by atomic mass is 10.2. The molecule has 0 atom stereocenters. The van der Waals surface area contributed by atoms with Crippen molar-refractivity contribution in [2.24, 2.45) is 0 Å². The van der Waals surface area contributed by atoms with Crippen LogP contribution in [0.2, 0.25) is 0 Å². The lowest BCUT2D eigenvalue weighted by molar-refractivity contribution is 0.0946. The summed E-state index contributed by atoms with van der Waals surface area (Å²) < 4.78 is 10.7. The maximum atomic E-state index is 12.1. The number of benzene rings is 1. The van der Waals surface area contributed by atoms with Crippen molar-refractivity contribution in [1.82, 2.24) is 10.3 Å². The second-order valence-electron chi connectivity index (χ2n) is 4.74. The Kier molecular flexibility index (Phi) is 4.11. The number of aromatic amines is 1. The Morgan fingerprint density at radius 1 is 1.32 bits per heavy atom. The summed E-state index contributed by atoms with van der Waals surface area (Å²) in [6.07, 6.45) is 1.57. The summed E-state index contributed by atoms with van der Waals surface area (Å²) in [4.78, 5) is 15.1. The highest BCUT2D eigenvalue weighted by Gasteiger charge is 2.12. The minimum absolute atomic E-state index is 0.0533. The van der Waals surface area contributed by atoms with Gasteiger partial charge in [0.1, 0.15) is 18.1 Å². The summed E-state index contributed by atoms with van der Waals surface area (Å²) in [5.74, 6) is 0.431. The number of carbonyl (C=O) groups excluding carboxylic acids is 1. The Hall–Kier alpha value is -2.73. The Labute approximate surface area is 126 Å². The average molecular weight is 300 g/mol. The van der Waals surface area contributed by atoms with E-state index in [1.807, 2.05) is 18.2 Å². The molecule has 6 nitrogen and oxygen atoms in total. The number of H-pyrrole nitrogens is 1. The number of hydrogen-bond acceptors (Lipinski definition) is 4. The zero-order chi connectivity index (χ0) is 15.4. The van der Waals surface area contributed by atoms with Gasteiger partial charge in [-0.3, -0.25) is 4.79 Å². The molecule has 0 fully saturated rings. The van der Waals surface area contributed by atoms with Gasteiger partial charge in [0.05, 0.1) is 18.4 Å². The zero-order valence-electron chi connectivity index (χ0n) is 11.8. The molecule has 0 unspecified atom stereocenters. The third-order valence-corrected chi connectivity index (χ3v) is 3.25. The van der Waals surface area contributed by atoms with E-state index in [1.54, 1.807) is 24.5 Å². The molecule has 3 aromatic rings. The largest absolute Gasteiger partial charge is 0.491 e. The normalized spacial score (nSPS) is 10.8. The van der Waals surface area contributed by atoms with E-state index in [4.69, 9.17) is 14.3 Å². The van der Waals surface area contributed by atoms with Crippen LogP contribution in [0.25, 0.3) is 11.1 Å². The van der Waals surface area contributed by atoms with E-state index in [-0.39, 0.29) is 19.1 Å². The monoisotopic (exact) mass is 300 g/mol. The first-order chi connectivity index (χ1) is 10.8.